The van der Waals surface area contributed by atoms with Gasteiger partial charge in [-0.3, -0.25) is 0 Å². The molecule has 0 aromatic rings. The van der Waals surface area contributed by atoms with Crippen LogP contribution >= 0.6 is 0 Å². The van der Waals surface area contributed by atoms with E-state index in [1.807, 2.05) is 0 Å². The van der Waals surface area contributed by atoms with Gasteiger partial charge in [0.15, 0.2) is 0 Å². The van der Waals surface area contributed by atoms with Crippen molar-refractivity contribution in [3.05, 3.63) is 25.3 Å². The van der Waals surface area contributed by atoms with Crippen molar-refractivity contribution in [3.8, 4) is 0 Å². The van der Waals surface area contributed by atoms with E-state index >= 15 is 0 Å². The molecule has 0 saturated carbocycles. The molecule has 0 rings (SSSR count). The Labute approximate surface area is 125 Å². The van der Waals surface area contributed by atoms with Crippen LogP contribution in [0.1, 0.15) is 0 Å². The second-order valence-electron chi connectivity index (χ2n) is 1.50. The molecule has 0 N–H and O–H groups in total. The van der Waals surface area contributed by atoms with Crippen molar-refractivity contribution in [3.63, 3.8) is 0 Å². The Hall–Kier alpha value is 0.0900. The van der Waals surface area contributed by atoms with E-state index < -0.39 is 18.1 Å². The SMILES string of the molecule is C=CC(=O)OC(=O)OC(=O)C=C.[NaH].[NaH]. The predicted molar refractivity (Wildman–Crippen MR) is 52.3 cm³/mol. The number of hydrogen-bond acceptors (Lipinski definition) is 5. The van der Waals surface area contributed by atoms with E-state index in [0.717, 1.165) is 12.2 Å². The molecule has 0 unspecified atom stereocenters. The van der Waals surface area contributed by atoms with Gasteiger partial charge in [-0.15, -0.1) is 0 Å². The molecule has 0 aliphatic carbocycles. The van der Waals surface area contributed by atoms with Crippen LogP contribution < -0.4 is 0 Å². The number of carbonyl (C=O) groups is 3. The molecule has 0 aliphatic rings. The number of rotatable bonds is 2. The van der Waals surface area contributed by atoms with Crippen LogP contribution in [0.5, 0.6) is 0 Å². The van der Waals surface area contributed by atoms with Crippen LogP contribution in [-0.4, -0.2) is 77.2 Å². The fraction of sp³-hybridized carbons (Fsp3) is 0. The molecule has 7 heteroatoms. The van der Waals surface area contributed by atoms with Crippen LogP contribution in [0.2, 0.25) is 0 Å². The van der Waals surface area contributed by atoms with Gasteiger partial charge in [0, 0.05) is 12.2 Å². The fourth-order valence-corrected chi connectivity index (χ4v) is 0.268. The van der Waals surface area contributed by atoms with Gasteiger partial charge in [-0.1, -0.05) is 13.2 Å². The summed E-state index contributed by atoms with van der Waals surface area (Å²) in [5.74, 6) is -1.98. The number of ether oxygens (including phenoxy) is 2. The Morgan fingerprint density at radius 1 is 0.857 bits per heavy atom. The summed E-state index contributed by atoms with van der Waals surface area (Å²) >= 11 is 0. The molecule has 0 saturated heterocycles. The van der Waals surface area contributed by atoms with Gasteiger partial charge in [-0.2, -0.15) is 0 Å². The van der Waals surface area contributed by atoms with E-state index in [4.69, 9.17) is 0 Å². The van der Waals surface area contributed by atoms with Crippen LogP contribution in [0.15, 0.2) is 25.3 Å². The van der Waals surface area contributed by atoms with E-state index in [-0.39, 0.29) is 59.1 Å². The Kier molecular flexibility index (Phi) is 15.7. The van der Waals surface area contributed by atoms with Gasteiger partial charge in [0.2, 0.25) is 0 Å². The average molecular weight is 218 g/mol. The zero-order valence-corrected chi connectivity index (χ0v) is 6.11. The van der Waals surface area contributed by atoms with Gasteiger partial charge in [-0.25, -0.2) is 14.4 Å². The molecule has 0 fully saturated rings. The van der Waals surface area contributed by atoms with E-state index in [1.54, 1.807) is 0 Å². The third kappa shape index (κ3) is 10.2. The van der Waals surface area contributed by atoms with E-state index in [0.29, 0.717) is 0 Å². The van der Waals surface area contributed by atoms with Crippen molar-refractivity contribution in [2.24, 2.45) is 0 Å². The van der Waals surface area contributed by atoms with E-state index in [9.17, 15) is 14.4 Å². The molecule has 0 aromatic carbocycles. The van der Waals surface area contributed by atoms with Crippen molar-refractivity contribution < 1.29 is 23.9 Å². The Bertz CT molecular complexity index is 224. The summed E-state index contributed by atoms with van der Waals surface area (Å²) in [7, 11) is 0. The number of esters is 2. The monoisotopic (exact) mass is 218 g/mol. The molecular weight excluding hydrogens is 210 g/mol. The second-order valence-corrected chi connectivity index (χ2v) is 1.50. The average Bonchev–Trinajstić information content (AvgIpc) is 2.03. The van der Waals surface area contributed by atoms with Gasteiger partial charge in [0.05, 0.1) is 0 Å². The minimum atomic E-state index is -1.40. The topological polar surface area (TPSA) is 69.7 Å². The summed E-state index contributed by atoms with van der Waals surface area (Å²) in [6.07, 6.45) is 0.129. The second kappa shape index (κ2) is 11.2. The first-order chi connectivity index (χ1) is 5.60. The van der Waals surface area contributed by atoms with Crippen LogP contribution in [-0.2, 0) is 19.1 Å². The molecule has 0 radical (unpaired) electrons. The van der Waals surface area contributed by atoms with Gasteiger partial charge in [-0.05, 0) is 0 Å². The predicted octanol–water partition coefficient (Wildman–Crippen LogP) is -0.732. The van der Waals surface area contributed by atoms with Crippen molar-refractivity contribution in [2.45, 2.75) is 0 Å². The van der Waals surface area contributed by atoms with Crippen LogP contribution in [0.3, 0.4) is 0 Å². The van der Waals surface area contributed by atoms with Crippen molar-refractivity contribution in [1.29, 1.82) is 0 Å². The molecule has 68 valence electrons. The molecule has 0 aliphatic heterocycles. The van der Waals surface area contributed by atoms with Crippen molar-refractivity contribution >= 4 is 77.2 Å². The third-order valence-corrected chi connectivity index (χ3v) is 0.701. The molecular formula is C7H8Na2O5. The molecule has 5 nitrogen and oxygen atoms in total. The standard InChI is InChI=1S/C7H6O5.2Na.2H/c1-3-5(8)11-7(10)12-6(9)4-2;;;;/h3-4H,1-2H2;;;;. The summed E-state index contributed by atoms with van der Waals surface area (Å²) in [6, 6.07) is 0. The molecule has 0 spiro atoms. The first kappa shape index (κ1) is 19.6. The maximum atomic E-state index is 10.4. The van der Waals surface area contributed by atoms with Crippen molar-refractivity contribution in [1.82, 2.24) is 0 Å². The van der Waals surface area contributed by atoms with Crippen LogP contribution in [0.25, 0.3) is 0 Å². The fourth-order valence-electron chi connectivity index (χ4n) is 0.268. The van der Waals surface area contributed by atoms with Crippen molar-refractivity contribution in [2.75, 3.05) is 0 Å². The van der Waals surface area contributed by atoms with Gasteiger partial charge >= 0.3 is 77.2 Å². The Balaban J connectivity index is -0.000000605. The zero-order chi connectivity index (χ0) is 9.56. The quantitative estimate of drug-likeness (QED) is 0.264. The van der Waals surface area contributed by atoms with Crippen LogP contribution in [0.4, 0.5) is 4.79 Å². The normalized spacial score (nSPS) is 6.86. The molecule has 0 bridgehead atoms. The molecule has 0 aromatic heterocycles. The van der Waals surface area contributed by atoms with Crippen LogP contribution in [0, 0.1) is 0 Å². The van der Waals surface area contributed by atoms with Gasteiger partial charge < -0.3 is 9.47 Å². The zero-order valence-electron chi connectivity index (χ0n) is 6.11. The maximum absolute atomic E-state index is 10.4. The summed E-state index contributed by atoms with van der Waals surface area (Å²) < 4.78 is 7.77. The summed E-state index contributed by atoms with van der Waals surface area (Å²) in [4.78, 5) is 31.0. The third-order valence-electron chi connectivity index (χ3n) is 0.701. The van der Waals surface area contributed by atoms with Gasteiger partial charge in [0.1, 0.15) is 0 Å². The summed E-state index contributed by atoms with van der Waals surface area (Å²) in [5.41, 5.74) is 0. The number of carbonyl (C=O) groups excluding carboxylic acids is 3. The molecule has 0 atom stereocenters. The first-order valence-corrected chi connectivity index (χ1v) is 2.82. The molecule has 0 heterocycles. The number of hydrogen-bond donors (Lipinski definition) is 0. The van der Waals surface area contributed by atoms with Gasteiger partial charge in [0.25, 0.3) is 0 Å². The molecule has 0 amide bonds. The Morgan fingerprint density at radius 3 is 1.36 bits per heavy atom. The van der Waals surface area contributed by atoms with E-state index in [2.05, 4.69) is 22.6 Å². The minimum absolute atomic E-state index is 0. The summed E-state index contributed by atoms with van der Waals surface area (Å²) in [6.45, 7) is 6.05. The molecule has 14 heavy (non-hydrogen) atoms. The van der Waals surface area contributed by atoms with E-state index in [1.165, 1.54) is 0 Å². The summed E-state index contributed by atoms with van der Waals surface area (Å²) in [5, 5.41) is 0. The first-order valence-electron chi connectivity index (χ1n) is 2.82. The Morgan fingerprint density at radius 2 is 1.14 bits per heavy atom.